The van der Waals surface area contributed by atoms with Crippen LogP contribution in [0.2, 0.25) is 0 Å². The summed E-state index contributed by atoms with van der Waals surface area (Å²) in [6.45, 7) is 0.505. The van der Waals surface area contributed by atoms with Crippen molar-refractivity contribution in [2.75, 3.05) is 11.6 Å². The fourth-order valence-corrected chi connectivity index (χ4v) is 2.63. The van der Waals surface area contributed by atoms with Crippen molar-refractivity contribution < 1.29 is 12.8 Å². The highest BCUT2D eigenvalue weighted by atomic mass is 32.2. The standard InChI is InChI=1S/C14H15N5O3S/c1-19-11(7-8-16-19)9-15-14-18-17-13(22-14)10-3-5-12(6-4-10)23(2,20)21/h3-8H,9H2,1-2H3,(H,15,18). The third-order valence-electron chi connectivity index (χ3n) is 3.30. The van der Waals surface area contributed by atoms with Crippen molar-refractivity contribution in [3.63, 3.8) is 0 Å². The number of sulfone groups is 1. The maximum atomic E-state index is 11.4. The Morgan fingerprint density at radius 2 is 1.91 bits per heavy atom. The Morgan fingerprint density at radius 3 is 2.52 bits per heavy atom. The van der Waals surface area contributed by atoms with Gasteiger partial charge in [-0.25, -0.2) is 8.42 Å². The average molecular weight is 333 g/mol. The second-order valence-electron chi connectivity index (χ2n) is 5.01. The van der Waals surface area contributed by atoms with Crippen molar-refractivity contribution >= 4 is 15.9 Å². The molecular formula is C14H15N5O3S. The van der Waals surface area contributed by atoms with Gasteiger partial charge in [0.2, 0.25) is 5.89 Å². The Balaban J connectivity index is 1.73. The number of nitrogens with zero attached hydrogens (tertiary/aromatic N) is 4. The highest BCUT2D eigenvalue weighted by molar-refractivity contribution is 7.90. The van der Waals surface area contributed by atoms with E-state index in [2.05, 4.69) is 20.6 Å². The van der Waals surface area contributed by atoms with E-state index >= 15 is 0 Å². The molecule has 0 unspecified atom stereocenters. The SMILES string of the molecule is Cn1nccc1CNc1nnc(-c2ccc(S(C)(=O)=O)cc2)o1. The van der Waals surface area contributed by atoms with Crippen LogP contribution in [0.25, 0.3) is 11.5 Å². The van der Waals surface area contributed by atoms with E-state index in [4.69, 9.17) is 4.42 Å². The molecule has 2 heterocycles. The lowest BCUT2D eigenvalue weighted by atomic mass is 10.2. The molecule has 0 aliphatic rings. The van der Waals surface area contributed by atoms with Gasteiger partial charge in [-0.1, -0.05) is 5.10 Å². The van der Waals surface area contributed by atoms with Crippen molar-refractivity contribution in [2.24, 2.45) is 7.05 Å². The summed E-state index contributed by atoms with van der Waals surface area (Å²) in [6, 6.07) is 8.46. The molecule has 0 saturated heterocycles. The van der Waals surface area contributed by atoms with Gasteiger partial charge < -0.3 is 9.73 Å². The molecule has 3 rings (SSSR count). The van der Waals surface area contributed by atoms with Crippen LogP contribution in [0.4, 0.5) is 6.01 Å². The number of hydrogen-bond donors (Lipinski definition) is 1. The zero-order chi connectivity index (χ0) is 16.4. The van der Waals surface area contributed by atoms with E-state index in [1.165, 1.54) is 12.1 Å². The maximum absolute atomic E-state index is 11.4. The second-order valence-corrected chi connectivity index (χ2v) is 7.02. The Morgan fingerprint density at radius 1 is 1.17 bits per heavy atom. The van der Waals surface area contributed by atoms with E-state index < -0.39 is 9.84 Å². The molecule has 120 valence electrons. The fraction of sp³-hybridized carbons (Fsp3) is 0.214. The quantitative estimate of drug-likeness (QED) is 0.754. The molecule has 1 aromatic carbocycles. The van der Waals surface area contributed by atoms with Gasteiger partial charge in [0.05, 0.1) is 17.1 Å². The summed E-state index contributed by atoms with van der Waals surface area (Å²) in [4.78, 5) is 0.246. The predicted molar refractivity (Wildman–Crippen MR) is 83.4 cm³/mol. The van der Waals surface area contributed by atoms with Crippen LogP contribution < -0.4 is 5.32 Å². The lowest BCUT2D eigenvalue weighted by Gasteiger charge is -2.01. The summed E-state index contributed by atoms with van der Waals surface area (Å²) in [5, 5.41) is 15.0. The number of rotatable bonds is 5. The average Bonchev–Trinajstić information content (AvgIpc) is 3.13. The van der Waals surface area contributed by atoms with Crippen LogP contribution in [0, 0.1) is 0 Å². The number of benzene rings is 1. The summed E-state index contributed by atoms with van der Waals surface area (Å²) in [5.41, 5.74) is 1.63. The van der Waals surface area contributed by atoms with Crippen molar-refractivity contribution in [3.05, 3.63) is 42.2 Å². The Hall–Kier alpha value is -2.68. The number of aryl methyl sites for hydroxylation is 1. The van der Waals surface area contributed by atoms with Gasteiger partial charge in [0.15, 0.2) is 9.84 Å². The second kappa shape index (κ2) is 5.84. The van der Waals surface area contributed by atoms with Crippen LogP contribution in [0.3, 0.4) is 0 Å². The monoisotopic (exact) mass is 333 g/mol. The lowest BCUT2D eigenvalue weighted by Crippen LogP contribution is -2.05. The van der Waals surface area contributed by atoms with Gasteiger partial charge in [-0.3, -0.25) is 4.68 Å². The molecule has 1 N–H and O–H groups in total. The van der Waals surface area contributed by atoms with Crippen molar-refractivity contribution in [1.29, 1.82) is 0 Å². The van der Waals surface area contributed by atoms with E-state index in [1.54, 1.807) is 23.0 Å². The maximum Gasteiger partial charge on any atom is 0.316 e. The molecule has 0 fully saturated rings. The molecular weight excluding hydrogens is 318 g/mol. The molecule has 0 spiro atoms. The summed E-state index contributed by atoms with van der Waals surface area (Å²) < 4.78 is 30.1. The minimum Gasteiger partial charge on any atom is -0.403 e. The van der Waals surface area contributed by atoms with Crippen molar-refractivity contribution in [3.8, 4) is 11.5 Å². The van der Waals surface area contributed by atoms with Gasteiger partial charge in [-0.2, -0.15) is 5.10 Å². The lowest BCUT2D eigenvalue weighted by molar-refractivity contribution is 0.578. The first-order valence-corrected chi connectivity index (χ1v) is 8.67. The molecule has 8 nitrogen and oxygen atoms in total. The van der Waals surface area contributed by atoms with Gasteiger partial charge in [0.25, 0.3) is 0 Å². The minimum absolute atomic E-state index is 0.246. The van der Waals surface area contributed by atoms with Crippen molar-refractivity contribution in [2.45, 2.75) is 11.4 Å². The first kappa shape index (κ1) is 15.2. The van der Waals surface area contributed by atoms with E-state index in [1.807, 2.05) is 13.1 Å². The summed E-state index contributed by atoms with van der Waals surface area (Å²) >= 11 is 0. The van der Waals surface area contributed by atoms with Gasteiger partial charge >= 0.3 is 6.01 Å². The Bertz CT molecular complexity index is 912. The molecule has 23 heavy (non-hydrogen) atoms. The van der Waals surface area contributed by atoms with Gasteiger partial charge in [-0.05, 0) is 30.3 Å². The zero-order valence-electron chi connectivity index (χ0n) is 12.6. The van der Waals surface area contributed by atoms with E-state index in [-0.39, 0.29) is 10.9 Å². The van der Waals surface area contributed by atoms with Gasteiger partial charge in [0.1, 0.15) is 0 Å². The Kier molecular flexibility index (Phi) is 3.87. The van der Waals surface area contributed by atoms with Gasteiger partial charge in [-0.15, -0.1) is 5.10 Å². The van der Waals surface area contributed by atoms with Crippen molar-refractivity contribution in [1.82, 2.24) is 20.0 Å². The smallest absolute Gasteiger partial charge is 0.316 e. The van der Waals surface area contributed by atoms with Crippen LogP contribution in [0.5, 0.6) is 0 Å². The highest BCUT2D eigenvalue weighted by Gasteiger charge is 2.11. The third kappa shape index (κ3) is 3.39. The Labute approximate surface area is 133 Å². The van der Waals surface area contributed by atoms with E-state index in [0.717, 1.165) is 11.9 Å². The van der Waals surface area contributed by atoms with E-state index in [9.17, 15) is 8.42 Å². The highest BCUT2D eigenvalue weighted by Crippen LogP contribution is 2.21. The predicted octanol–water partition coefficient (Wildman–Crippen LogP) is 1.49. The van der Waals surface area contributed by atoms with Crippen LogP contribution in [0.15, 0.2) is 45.8 Å². The van der Waals surface area contributed by atoms with Crippen LogP contribution in [-0.2, 0) is 23.4 Å². The number of nitrogens with one attached hydrogen (secondary N) is 1. The molecule has 0 bridgehead atoms. The third-order valence-corrected chi connectivity index (χ3v) is 4.43. The van der Waals surface area contributed by atoms with Gasteiger partial charge in [0, 0.05) is 25.1 Å². The summed E-state index contributed by atoms with van der Waals surface area (Å²) in [7, 11) is -1.37. The normalized spacial score (nSPS) is 11.6. The van der Waals surface area contributed by atoms with Crippen LogP contribution >= 0.6 is 0 Å². The number of anilines is 1. The molecule has 2 aromatic heterocycles. The van der Waals surface area contributed by atoms with E-state index in [0.29, 0.717) is 18.0 Å². The molecule has 0 amide bonds. The van der Waals surface area contributed by atoms with Crippen LogP contribution in [0.1, 0.15) is 5.69 Å². The summed E-state index contributed by atoms with van der Waals surface area (Å²) in [6.07, 6.45) is 2.87. The minimum atomic E-state index is -3.22. The molecule has 0 aliphatic heterocycles. The largest absolute Gasteiger partial charge is 0.403 e. The van der Waals surface area contributed by atoms with Crippen LogP contribution in [-0.4, -0.2) is 34.7 Å². The molecule has 0 radical (unpaired) electrons. The first-order valence-electron chi connectivity index (χ1n) is 6.78. The molecule has 0 aliphatic carbocycles. The molecule has 9 heteroatoms. The molecule has 3 aromatic rings. The zero-order valence-corrected chi connectivity index (χ0v) is 13.4. The topological polar surface area (TPSA) is 103 Å². The first-order chi connectivity index (χ1) is 10.9. The number of hydrogen-bond acceptors (Lipinski definition) is 7. The molecule has 0 atom stereocenters. The number of aromatic nitrogens is 4. The fourth-order valence-electron chi connectivity index (χ4n) is 2.00. The summed E-state index contributed by atoms with van der Waals surface area (Å²) in [5.74, 6) is 0.317. The molecule has 0 saturated carbocycles.